The molecule has 0 aliphatic rings. The lowest BCUT2D eigenvalue weighted by Gasteiger charge is -2.17. The van der Waals surface area contributed by atoms with Crippen LogP contribution in [0.1, 0.15) is 11.1 Å². The van der Waals surface area contributed by atoms with E-state index >= 15 is 0 Å². The molecule has 0 radical (unpaired) electrons. The molecule has 0 fully saturated rings. The fourth-order valence-electron chi connectivity index (χ4n) is 1.55. The first-order valence-electron chi connectivity index (χ1n) is 5.64. The van der Waals surface area contributed by atoms with E-state index in [1.54, 1.807) is 30.4 Å². The van der Waals surface area contributed by atoms with Crippen molar-refractivity contribution in [2.75, 3.05) is 19.5 Å². The molecule has 0 aliphatic heterocycles. The van der Waals surface area contributed by atoms with E-state index in [2.05, 4.69) is 9.69 Å². The quantitative estimate of drug-likeness (QED) is 0.943. The second-order valence-electron chi connectivity index (χ2n) is 4.10. The van der Waals surface area contributed by atoms with Crippen LogP contribution in [0.25, 0.3) is 0 Å². The number of aryl methyl sites for hydroxylation is 1. The monoisotopic (exact) mass is 297 g/mol. The van der Waals surface area contributed by atoms with Crippen LogP contribution in [0.4, 0.5) is 10.5 Å². The maximum Gasteiger partial charge on any atom is 0.321 e. The molecule has 0 spiro atoms. The Kier molecular flexibility index (Phi) is 4.39. The van der Waals surface area contributed by atoms with E-state index in [0.717, 1.165) is 16.8 Å². The maximum absolute atomic E-state index is 12.1. The highest BCUT2D eigenvalue weighted by atomic mass is 32.1. The van der Waals surface area contributed by atoms with Gasteiger partial charge in [-0.25, -0.2) is 4.79 Å². The summed E-state index contributed by atoms with van der Waals surface area (Å²) in [5.41, 5.74) is 2.84. The van der Waals surface area contributed by atoms with E-state index in [0.29, 0.717) is 12.4 Å². The Bertz CT molecular complexity index is 565. The van der Waals surface area contributed by atoms with Gasteiger partial charge in [0, 0.05) is 23.4 Å². The molecule has 0 unspecified atom stereocenters. The number of rotatable bonds is 4. The minimum absolute atomic E-state index is 0.144. The zero-order valence-corrected chi connectivity index (χ0v) is 12.6. The molecule has 0 saturated heterocycles. The number of anilines is 1. The summed E-state index contributed by atoms with van der Waals surface area (Å²) < 4.78 is 9.23. The summed E-state index contributed by atoms with van der Waals surface area (Å²) in [5.74, 6) is 0.580. The Morgan fingerprint density at radius 2 is 2.26 bits per heavy atom. The van der Waals surface area contributed by atoms with Crippen molar-refractivity contribution in [3.05, 3.63) is 27.3 Å². The van der Waals surface area contributed by atoms with Crippen molar-refractivity contribution in [1.29, 1.82) is 0 Å². The number of amides is 2. The Labute approximate surface area is 120 Å². The number of carbonyl (C=O) groups excluding carboxylic acids is 1. The van der Waals surface area contributed by atoms with Crippen molar-refractivity contribution in [1.82, 2.24) is 9.27 Å². The van der Waals surface area contributed by atoms with Gasteiger partial charge < -0.3 is 15.0 Å². The van der Waals surface area contributed by atoms with Crippen molar-refractivity contribution < 1.29 is 9.53 Å². The van der Waals surface area contributed by atoms with Crippen molar-refractivity contribution in [3.8, 4) is 5.88 Å². The molecule has 2 heterocycles. The molecule has 0 aromatic carbocycles. The van der Waals surface area contributed by atoms with E-state index in [4.69, 9.17) is 4.74 Å². The second-order valence-corrected chi connectivity index (χ2v) is 5.48. The molecule has 2 aromatic rings. The lowest BCUT2D eigenvalue weighted by atomic mass is 10.3. The summed E-state index contributed by atoms with van der Waals surface area (Å²) in [6.07, 6.45) is 0. The molecule has 2 rings (SSSR count). The van der Waals surface area contributed by atoms with Crippen molar-refractivity contribution in [2.45, 2.75) is 13.5 Å². The third kappa shape index (κ3) is 3.24. The third-order valence-corrected chi connectivity index (χ3v) is 4.17. The lowest BCUT2D eigenvalue weighted by molar-refractivity contribution is 0.220. The summed E-state index contributed by atoms with van der Waals surface area (Å²) in [5, 5.41) is 8.69. The van der Waals surface area contributed by atoms with Crippen LogP contribution in [0.2, 0.25) is 0 Å². The molecule has 19 heavy (non-hydrogen) atoms. The molecular formula is C12H15N3O2S2. The molecule has 5 nitrogen and oxygen atoms in total. The highest BCUT2D eigenvalue weighted by Gasteiger charge is 2.14. The van der Waals surface area contributed by atoms with Gasteiger partial charge in [0.2, 0.25) is 5.88 Å². The minimum Gasteiger partial charge on any atom is -0.480 e. The van der Waals surface area contributed by atoms with E-state index in [-0.39, 0.29) is 6.03 Å². The number of methoxy groups -OCH3 is 1. The molecule has 2 aromatic heterocycles. The number of urea groups is 1. The van der Waals surface area contributed by atoms with Crippen LogP contribution in [-0.4, -0.2) is 29.5 Å². The molecule has 0 bridgehead atoms. The predicted molar refractivity (Wildman–Crippen MR) is 78.2 cm³/mol. The fourth-order valence-corrected chi connectivity index (χ4v) is 2.97. The van der Waals surface area contributed by atoms with Gasteiger partial charge in [0.05, 0.1) is 19.3 Å². The van der Waals surface area contributed by atoms with Gasteiger partial charge in [0.25, 0.3) is 0 Å². The molecule has 102 valence electrons. The Hall–Kier alpha value is -1.60. The van der Waals surface area contributed by atoms with Crippen molar-refractivity contribution in [2.24, 2.45) is 0 Å². The summed E-state index contributed by atoms with van der Waals surface area (Å²) in [4.78, 5) is 13.7. The van der Waals surface area contributed by atoms with Crippen LogP contribution in [0.3, 0.4) is 0 Å². The highest BCUT2D eigenvalue weighted by molar-refractivity contribution is 7.08. The summed E-state index contributed by atoms with van der Waals surface area (Å²) >= 11 is 2.89. The minimum atomic E-state index is -0.144. The first-order chi connectivity index (χ1) is 9.11. The SMILES string of the molecule is COc1nscc1CN(C)C(=O)Nc1cscc1C. The average Bonchev–Trinajstić information content (AvgIpc) is 2.99. The number of nitrogens with one attached hydrogen (secondary N) is 1. The zero-order valence-electron chi connectivity index (χ0n) is 11.0. The number of hydrogen-bond donors (Lipinski definition) is 1. The third-order valence-electron chi connectivity index (χ3n) is 2.65. The number of nitrogens with zero attached hydrogens (tertiary/aromatic N) is 2. The van der Waals surface area contributed by atoms with Gasteiger partial charge in [-0.3, -0.25) is 0 Å². The summed E-state index contributed by atoms with van der Waals surface area (Å²) in [7, 11) is 3.32. The normalized spacial score (nSPS) is 10.3. The van der Waals surface area contributed by atoms with E-state index in [9.17, 15) is 4.79 Å². The van der Waals surface area contributed by atoms with E-state index in [1.807, 2.05) is 23.1 Å². The Balaban J connectivity index is 1.98. The summed E-state index contributed by atoms with van der Waals surface area (Å²) in [6.45, 7) is 2.44. The zero-order chi connectivity index (χ0) is 13.8. The van der Waals surface area contributed by atoms with Crippen LogP contribution in [0.15, 0.2) is 16.1 Å². The van der Waals surface area contributed by atoms with Crippen molar-refractivity contribution >= 4 is 34.6 Å². The number of carbonyl (C=O) groups is 1. The first kappa shape index (κ1) is 13.8. The largest absolute Gasteiger partial charge is 0.480 e. The average molecular weight is 297 g/mol. The van der Waals surface area contributed by atoms with Gasteiger partial charge in [-0.2, -0.15) is 4.37 Å². The molecule has 7 heteroatoms. The topological polar surface area (TPSA) is 54.5 Å². The van der Waals surface area contributed by atoms with E-state index in [1.165, 1.54) is 11.5 Å². The number of ether oxygens (including phenoxy) is 1. The van der Waals surface area contributed by atoms with Crippen LogP contribution in [0, 0.1) is 6.92 Å². The van der Waals surface area contributed by atoms with E-state index < -0.39 is 0 Å². The number of aromatic nitrogens is 1. The van der Waals surface area contributed by atoms with Gasteiger partial charge in [-0.05, 0) is 29.4 Å². The first-order valence-corrected chi connectivity index (χ1v) is 7.42. The number of hydrogen-bond acceptors (Lipinski definition) is 5. The van der Waals surface area contributed by atoms with Crippen LogP contribution >= 0.6 is 22.9 Å². The van der Waals surface area contributed by atoms with Gasteiger partial charge in [-0.1, -0.05) is 0 Å². The second kappa shape index (κ2) is 6.03. The summed E-state index contributed by atoms with van der Waals surface area (Å²) in [6, 6.07) is -0.144. The molecule has 0 aliphatic carbocycles. The molecule has 0 saturated carbocycles. The van der Waals surface area contributed by atoms with Gasteiger partial charge >= 0.3 is 6.03 Å². The van der Waals surface area contributed by atoms with Crippen LogP contribution in [-0.2, 0) is 6.54 Å². The predicted octanol–water partition coefficient (Wildman–Crippen LogP) is 3.19. The van der Waals surface area contributed by atoms with Gasteiger partial charge in [-0.15, -0.1) is 11.3 Å². The Morgan fingerprint density at radius 3 is 2.89 bits per heavy atom. The van der Waals surface area contributed by atoms with Crippen LogP contribution < -0.4 is 10.1 Å². The van der Waals surface area contributed by atoms with Gasteiger partial charge in [0.1, 0.15) is 0 Å². The molecule has 0 atom stereocenters. The smallest absolute Gasteiger partial charge is 0.321 e. The van der Waals surface area contributed by atoms with Crippen LogP contribution in [0.5, 0.6) is 5.88 Å². The Morgan fingerprint density at radius 1 is 1.47 bits per heavy atom. The highest BCUT2D eigenvalue weighted by Crippen LogP contribution is 2.22. The van der Waals surface area contributed by atoms with Gasteiger partial charge in [0.15, 0.2) is 0 Å². The lowest BCUT2D eigenvalue weighted by Crippen LogP contribution is -2.30. The molecule has 2 amide bonds. The standard InChI is InChI=1S/C12H15N3O2S2/c1-8-5-18-7-10(8)13-12(16)15(2)4-9-6-19-14-11(9)17-3/h5-7H,4H2,1-3H3,(H,13,16). The maximum atomic E-state index is 12.1. The molecular weight excluding hydrogens is 282 g/mol. The fraction of sp³-hybridized carbons (Fsp3) is 0.333. The number of thiophene rings is 1. The molecule has 1 N–H and O–H groups in total. The van der Waals surface area contributed by atoms with Crippen molar-refractivity contribution in [3.63, 3.8) is 0 Å².